The van der Waals surface area contributed by atoms with E-state index in [9.17, 15) is 4.79 Å². The number of para-hydroxylation sites is 1. The van der Waals surface area contributed by atoms with Gasteiger partial charge in [-0.05, 0) is 68.5 Å². The van der Waals surface area contributed by atoms with Crippen LogP contribution in [0.5, 0.6) is 5.75 Å². The first kappa shape index (κ1) is 19.0. The van der Waals surface area contributed by atoms with E-state index in [1.165, 1.54) is 25.7 Å². The Balaban J connectivity index is 1.35. The third-order valence-corrected chi connectivity index (χ3v) is 4.67. The van der Waals surface area contributed by atoms with Crippen LogP contribution in [0, 0.1) is 0 Å². The van der Waals surface area contributed by atoms with Gasteiger partial charge in [-0.2, -0.15) is 0 Å². The van der Waals surface area contributed by atoms with Crippen molar-refractivity contribution in [3.8, 4) is 5.75 Å². The van der Waals surface area contributed by atoms with Crippen LogP contribution in [-0.2, 0) is 4.79 Å². The second-order valence-corrected chi connectivity index (χ2v) is 6.82. The lowest BCUT2D eigenvalue weighted by Crippen LogP contribution is -2.15. The Labute approximate surface area is 161 Å². The van der Waals surface area contributed by atoms with Crippen LogP contribution in [0.4, 0.5) is 11.4 Å². The summed E-state index contributed by atoms with van der Waals surface area (Å²) in [7, 11) is 0. The van der Waals surface area contributed by atoms with E-state index in [0.29, 0.717) is 13.0 Å². The van der Waals surface area contributed by atoms with Crippen LogP contribution in [0.3, 0.4) is 0 Å². The van der Waals surface area contributed by atoms with E-state index in [0.717, 1.165) is 30.1 Å². The van der Waals surface area contributed by atoms with Gasteiger partial charge in [-0.25, -0.2) is 0 Å². The fourth-order valence-corrected chi connectivity index (χ4v) is 3.17. The van der Waals surface area contributed by atoms with Gasteiger partial charge >= 0.3 is 0 Å². The third-order valence-electron chi connectivity index (χ3n) is 4.67. The molecule has 2 N–H and O–H groups in total. The third kappa shape index (κ3) is 6.81. The number of carbonyl (C=O) groups is 1. The van der Waals surface area contributed by atoms with Gasteiger partial charge < -0.3 is 15.4 Å². The van der Waals surface area contributed by atoms with Crippen molar-refractivity contribution in [2.24, 2.45) is 0 Å². The van der Waals surface area contributed by atoms with Crippen molar-refractivity contribution in [1.82, 2.24) is 0 Å². The molecule has 4 heteroatoms. The van der Waals surface area contributed by atoms with Crippen molar-refractivity contribution in [2.45, 2.75) is 38.5 Å². The first-order chi connectivity index (χ1) is 13.3. The van der Waals surface area contributed by atoms with Crippen LogP contribution >= 0.6 is 0 Å². The molecule has 0 aromatic heterocycles. The number of rotatable bonds is 9. The Bertz CT molecular complexity index is 739. The molecule has 3 rings (SSSR count). The first-order valence-electron chi connectivity index (χ1n) is 9.79. The molecule has 142 valence electrons. The van der Waals surface area contributed by atoms with Crippen LogP contribution in [0.1, 0.15) is 38.5 Å². The molecule has 27 heavy (non-hydrogen) atoms. The maximum atomic E-state index is 12.0. The fourth-order valence-electron chi connectivity index (χ4n) is 3.17. The summed E-state index contributed by atoms with van der Waals surface area (Å²) < 4.78 is 5.55. The Morgan fingerprint density at radius 2 is 1.74 bits per heavy atom. The van der Waals surface area contributed by atoms with Crippen molar-refractivity contribution in [2.75, 3.05) is 23.8 Å². The van der Waals surface area contributed by atoms with E-state index in [2.05, 4.69) is 16.7 Å². The minimum Gasteiger partial charge on any atom is -0.493 e. The number of hydrogen-bond acceptors (Lipinski definition) is 3. The monoisotopic (exact) mass is 364 g/mol. The van der Waals surface area contributed by atoms with Gasteiger partial charge in [0.05, 0.1) is 13.0 Å². The molecular weight excluding hydrogens is 336 g/mol. The maximum Gasteiger partial charge on any atom is 0.227 e. The summed E-state index contributed by atoms with van der Waals surface area (Å²) in [6.45, 7) is 1.32. The minimum atomic E-state index is -0.0455. The topological polar surface area (TPSA) is 50.4 Å². The van der Waals surface area contributed by atoms with Crippen molar-refractivity contribution < 1.29 is 9.53 Å². The molecule has 0 saturated heterocycles. The Morgan fingerprint density at radius 3 is 2.48 bits per heavy atom. The number of amides is 1. The smallest absolute Gasteiger partial charge is 0.227 e. The molecule has 1 aliphatic rings. The highest BCUT2D eigenvalue weighted by Gasteiger charge is 2.05. The van der Waals surface area contributed by atoms with Crippen LogP contribution in [0.25, 0.3) is 0 Å². The zero-order chi connectivity index (χ0) is 18.7. The maximum absolute atomic E-state index is 12.0. The van der Waals surface area contributed by atoms with Crippen molar-refractivity contribution in [3.05, 3.63) is 66.2 Å². The Morgan fingerprint density at radius 1 is 0.963 bits per heavy atom. The summed E-state index contributed by atoms with van der Waals surface area (Å²) >= 11 is 0. The van der Waals surface area contributed by atoms with Crippen LogP contribution < -0.4 is 15.4 Å². The second-order valence-electron chi connectivity index (χ2n) is 6.82. The SMILES string of the molecule is O=C(CCOc1ccccc1)Nc1ccc(NCCC2=CCCCC2)cc1. The quantitative estimate of drug-likeness (QED) is 0.586. The molecule has 0 spiro atoms. The van der Waals surface area contributed by atoms with Gasteiger partial charge in [0.1, 0.15) is 5.75 Å². The number of hydrogen-bond donors (Lipinski definition) is 2. The van der Waals surface area contributed by atoms with Crippen molar-refractivity contribution in [1.29, 1.82) is 0 Å². The summed E-state index contributed by atoms with van der Waals surface area (Å²) in [6, 6.07) is 17.4. The van der Waals surface area contributed by atoms with Gasteiger partial charge in [0.15, 0.2) is 0 Å². The zero-order valence-corrected chi connectivity index (χ0v) is 15.7. The van der Waals surface area contributed by atoms with Gasteiger partial charge in [0.2, 0.25) is 5.91 Å². The highest BCUT2D eigenvalue weighted by atomic mass is 16.5. The van der Waals surface area contributed by atoms with E-state index in [1.54, 1.807) is 5.57 Å². The molecular formula is C23H28N2O2. The molecule has 0 unspecified atom stereocenters. The zero-order valence-electron chi connectivity index (χ0n) is 15.7. The van der Waals surface area contributed by atoms with E-state index in [4.69, 9.17) is 4.74 Å². The van der Waals surface area contributed by atoms with Gasteiger partial charge in [-0.15, -0.1) is 0 Å². The molecule has 0 atom stereocenters. The highest BCUT2D eigenvalue weighted by molar-refractivity contribution is 5.90. The molecule has 4 nitrogen and oxygen atoms in total. The van der Waals surface area contributed by atoms with Crippen molar-refractivity contribution in [3.63, 3.8) is 0 Å². The highest BCUT2D eigenvalue weighted by Crippen LogP contribution is 2.20. The molecule has 2 aromatic carbocycles. The summed E-state index contributed by atoms with van der Waals surface area (Å²) in [6.07, 6.45) is 8.98. The fraction of sp³-hybridized carbons (Fsp3) is 0.348. The molecule has 1 amide bonds. The summed E-state index contributed by atoms with van der Waals surface area (Å²) in [5.74, 6) is 0.737. The first-order valence-corrected chi connectivity index (χ1v) is 9.79. The molecule has 0 saturated carbocycles. The molecule has 0 fully saturated rings. The number of ether oxygens (including phenoxy) is 1. The summed E-state index contributed by atoms with van der Waals surface area (Å²) in [5, 5.41) is 6.36. The van der Waals surface area contributed by atoms with Gasteiger partial charge in [0.25, 0.3) is 0 Å². The summed E-state index contributed by atoms with van der Waals surface area (Å²) in [4.78, 5) is 12.0. The second kappa shape index (κ2) is 10.4. The lowest BCUT2D eigenvalue weighted by atomic mass is 9.97. The predicted molar refractivity (Wildman–Crippen MR) is 111 cm³/mol. The van der Waals surface area contributed by atoms with Gasteiger partial charge in [-0.1, -0.05) is 29.8 Å². The number of anilines is 2. The van der Waals surface area contributed by atoms with Gasteiger partial charge in [-0.3, -0.25) is 4.79 Å². The van der Waals surface area contributed by atoms with E-state index < -0.39 is 0 Å². The Kier molecular flexibility index (Phi) is 7.34. The normalized spacial score (nSPS) is 13.6. The lowest BCUT2D eigenvalue weighted by Gasteiger charge is -2.13. The molecule has 2 aromatic rings. The average Bonchev–Trinajstić information content (AvgIpc) is 2.71. The summed E-state index contributed by atoms with van der Waals surface area (Å²) in [5.41, 5.74) is 3.47. The van der Waals surface area contributed by atoms with Crippen LogP contribution in [0.2, 0.25) is 0 Å². The number of nitrogens with one attached hydrogen (secondary N) is 2. The number of allylic oxidation sites excluding steroid dienone is 1. The van der Waals surface area contributed by atoms with E-state index in [-0.39, 0.29) is 5.91 Å². The predicted octanol–water partition coefficient (Wildman–Crippen LogP) is 5.40. The minimum absolute atomic E-state index is 0.0455. The largest absolute Gasteiger partial charge is 0.493 e. The van der Waals surface area contributed by atoms with E-state index >= 15 is 0 Å². The number of benzene rings is 2. The number of carbonyl (C=O) groups excluding carboxylic acids is 1. The molecule has 1 aliphatic carbocycles. The van der Waals surface area contributed by atoms with Crippen LogP contribution in [0.15, 0.2) is 66.2 Å². The van der Waals surface area contributed by atoms with Gasteiger partial charge in [0, 0.05) is 17.9 Å². The van der Waals surface area contributed by atoms with E-state index in [1.807, 2.05) is 54.6 Å². The average molecular weight is 364 g/mol. The molecule has 0 aliphatic heterocycles. The molecule has 0 heterocycles. The van der Waals surface area contributed by atoms with Crippen LogP contribution in [-0.4, -0.2) is 19.1 Å². The molecule has 0 bridgehead atoms. The molecule has 0 radical (unpaired) electrons. The standard InChI is InChI=1S/C23H28N2O2/c26-23(16-18-27-22-9-5-2-6-10-22)25-21-13-11-20(12-14-21)24-17-15-19-7-3-1-4-8-19/h2,5-7,9-14,24H,1,3-4,8,15-18H2,(H,25,26). The Hall–Kier alpha value is -2.75. The lowest BCUT2D eigenvalue weighted by molar-refractivity contribution is -0.116. The van der Waals surface area contributed by atoms with Crippen molar-refractivity contribution >= 4 is 17.3 Å².